The summed E-state index contributed by atoms with van der Waals surface area (Å²) < 4.78 is 38.6. The SMILES string of the molecule is Cn1ncc2c1-c1ccc(Cl)cc1OC21CCN(Cc2ccccc2OC(F)F)CC1. The highest BCUT2D eigenvalue weighted by Gasteiger charge is 2.45. The van der Waals surface area contributed by atoms with Gasteiger partial charge in [-0.05, 0) is 24.3 Å². The summed E-state index contributed by atoms with van der Waals surface area (Å²) in [5.41, 5.74) is 3.41. The lowest BCUT2D eigenvalue weighted by Gasteiger charge is -2.44. The van der Waals surface area contributed by atoms with Crippen LogP contribution in [-0.4, -0.2) is 34.4 Å². The average Bonchev–Trinajstić information content (AvgIpc) is 3.13. The van der Waals surface area contributed by atoms with E-state index in [9.17, 15) is 8.78 Å². The van der Waals surface area contributed by atoms with Gasteiger partial charge in [-0.2, -0.15) is 13.9 Å². The third kappa shape index (κ3) is 3.66. The maximum absolute atomic E-state index is 12.7. The number of nitrogens with zero attached hydrogens (tertiary/aromatic N) is 3. The van der Waals surface area contributed by atoms with Crippen molar-refractivity contribution in [1.82, 2.24) is 14.7 Å². The summed E-state index contributed by atoms with van der Waals surface area (Å²) in [5, 5.41) is 5.13. The third-order valence-electron chi connectivity index (χ3n) is 6.18. The molecular formula is C23H22ClF2N3O2. The lowest BCUT2D eigenvalue weighted by molar-refractivity contribution is -0.0511. The Balaban J connectivity index is 1.38. The minimum Gasteiger partial charge on any atom is -0.482 e. The number of halogens is 3. The predicted octanol–water partition coefficient (Wildman–Crippen LogP) is 5.23. The first-order valence-electron chi connectivity index (χ1n) is 10.2. The number of alkyl halides is 2. The molecule has 2 aromatic carbocycles. The summed E-state index contributed by atoms with van der Waals surface area (Å²) >= 11 is 6.23. The van der Waals surface area contributed by atoms with E-state index in [1.165, 1.54) is 0 Å². The number of piperidine rings is 1. The van der Waals surface area contributed by atoms with Crippen LogP contribution in [0, 0.1) is 0 Å². The molecule has 0 bridgehead atoms. The number of ether oxygens (including phenoxy) is 2. The number of hydrogen-bond acceptors (Lipinski definition) is 4. The highest BCUT2D eigenvalue weighted by Crippen LogP contribution is 2.50. The number of fused-ring (bicyclic) bond motifs is 4. The van der Waals surface area contributed by atoms with Gasteiger partial charge in [0.25, 0.3) is 0 Å². The van der Waals surface area contributed by atoms with E-state index in [0.29, 0.717) is 11.6 Å². The van der Waals surface area contributed by atoms with Crippen molar-refractivity contribution in [3.05, 3.63) is 64.8 Å². The van der Waals surface area contributed by atoms with Crippen molar-refractivity contribution in [3.63, 3.8) is 0 Å². The fourth-order valence-electron chi connectivity index (χ4n) is 4.66. The van der Waals surface area contributed by atoms with Crippen LogP contribution in [0.15, 0.2) is 48.7 Å². The van der Waals surface area contributed by atoms with Crippen LogP contribution in [0.4, 0.5) is 8.78 Å². The number of hydrogen-bond donors (Lipinski definition) is 0. The quantitative estimate of drug-likeness (QED) is 0.551. The lowest BCUT2D eigenvalue weighted by Crippen LogP contribution is -2.47. The van der Waals surface area contributed by atoms with Gasteiger partial charge in [0.15, 0.2) is 0 Å². The molecule has 3 aromatic rings. The molecule has 5 nitrogen and oxygen atoms in total. The van der Waals surface area contributed by atoms with Crippen LogP contribution in [0.2, 0.25) is 5.02 Å². The van der Waals surface area contributed by atoms with Gasteiger partial charge in [-0.15, -0.1) is 0 Å². The number of para-hydroxylation sites is 1. The van der Waals surface area contributed by atoms with E-state index in [1.54, 1.807) is 12.1 Å². The highest BCUT2D eigenvalue weighted by atomic mass is 35.5. The van der Waals surface area contributed by atoms with Gasteiger partial charge in [0.05, 0.1) is 11.9 Å². The number of aromatic nitrogens is 2. The molecule has 3 heterocycles. The first-order valence-corrected chi connectivity index (χ1v) is 10.6. The average molecular weight is 446 g/mol. The normalized spacial score (nSPS) is 17.3. The van der Waals surface area contributed by atoms with Crippen molar-refractivity contribution in [2.75, 3.05) is 13.1 Å². The van der Waals surface area contributed by atoms with Crippen LogP contribution in [0.25, 0.3) is 11.3 Å². The fourth-order valence-corrected chi connectivity index (χ4v) is 4.82. The summed E-state index contributed by atoms with van der Waals surface area (Å²) in [6, 6.07) is 12.6. The number of benzene rings is 2. The van der Waals surface area contributed by atoms with Gasteiger partial charge in [0.1, 0.15) is 17.1 Å². The molecule has 1 spiro atoms. The van der Waals surface area contributed by atoms with Crippen LogP contribution in [0.5, 0.6) is 11.5 Å². The maximum Gasteiger partial charge on any atom is 0.387 e. The maximum atomic E-state index is 12.7. The van der Waals surface area contributed by atoms with Gasteiger partial charge >= 0.3 is 6.61 Å². The van der Waals surface area contributed by atoms with Crippen molar-refractivity contribution in [3.8, 4) is 22.8 Å². The van der Waals surface area contributed by atoms with E-state index in [0.717, 1.165) is 54.1 Å². The Bertz CT molecular complexity index is 1110. The van der Waals surface area contributed by atoms with Gasteiger partial charge in [-0.25, -0.2) is 0 Å². The van der Waals surface area contributed by atoms with Crippen molar-refractivity contribution < 1.29 is 18.3 Å². The Morgan fingerprint density at radius 2 is 1.97 bits per heavy atom. The van der Waals surface area contributed by atoms with E-state index < -0.39 is 12.2 Å². The summed E-state index contributed by atoms with van der Waals surface area (Å²) in [5.74, 6) is 0.998. The minimum atomic E-state index is -2.84. The molecule has 1 aromatic heterocycles. The molecule has 0 unspecified atom stereocenters. The van der Waals surface area contributed by atoms with Crippen molar-refractivity contribution in [1.29, 1.82) is 0 Å². The topological polar surface area (TPSA) is 39.5 Å². The molecule has 2 aliphatic rings. The lowest BCUT2D eigenvalue weighted by atomic mass is 9.81. The Labute approximate surface area is 184 Å². The van der Waals surface area contributed by atoms with Gasteiger partial charge in [0.2, 0.25) is 0 Å². The number of rotatable bonds is 4. The molecule has 1 saturated heterocycles. The third-order valence-corrected chi connectivity index (χ3v) is 6.42. The zero-order valence-corrected chi connectivity index (χ0v) is 17.8. The Kier molecular flexibility index (Phi) is 5.10. The second-order valence-electron chi connectivity index (χ2n) is 8.03. The molecule has 162 valence electrons. The molecule has 0 aliphatic carbocycles. The number of likely N-dealkylation sites (tertiary alicyclic amines) is 1. The minimum absolute atomic E-state index is 0.227. The molecule has 0 atom stereocenters. The second-order valence-corrected chi connectivity index (χ2v) is 8.47. The Morgan fingerprint density at radius 3 is 2.74 bits per heavy atom. The van der Waals surface area contributed by atoms with E-state index in [1.807, 2.05) is 48.3 Å². The molecule has 0 radical (unpaired) electrons. The van der Waals surface area contributed by atoms with Crippen molar-refractivity contribution in [2.45, 2.75) is 31.6 Å². The largest absolute Gasteiger partial charge is 0.482 e. The molecule has 31 heavy (non-hydrogen) atoms. The fraction of sp³-hybridized carbons (Fsp3) is 0.348. The van der Waals surface area contributed by atoms with Crippen LogP contribution < -0.4 is 9.47 Å². The summed E-state index contributed by atoms with van der Waals surface area (Å²) in [7, 11) is 1.94. The zero-order chi connectivity index (χ0) is 21.6. The molecule has 8 heteroatoms. The summed E-state index contributed by atoms with van der Waals surface area (Å²) in [6.45, 7) is -0.779. The van der Waals surface area contributed by atoms with Gasteiger partial charge < -0.3 is 9.47 Å². The summed E-state index contributed by atoms with van der Waals surface area (Å²) in [6.07, 6.45) is 3.42. The van der Waals surface area contributed by atoms with Gasteiger partial charge in [-0.1, -0.05) is 29.8 Å². The molecule has 5 rings (SSSR count). The van der Waals surface area contributed by atoms with E-state index in [-0.39, 0.29) is 5.75 Å². The Morgan fingerprint density at radius 1 is 1.19 bits per heavy atom. The van der Waals surface area contributed by atoms with E-state index >= 15 is 0 Å². The molecule has 0 amide bonds. The van der Waals surface area contributed by atoms with E-state index in [2.05, 4.69) is 14.7 Å². The number of aryl methyl sites for hydroxylation is 1. The molecule has 0 saturated carbocycles. The smallest absolute Gasteiger partial charge is 0.387 e. The molecule has 2 aliphatic heterocycles. The van der Waals surface area contributed by atoms with Gasteiger partial charge in [0, 0.05) is 61.2 Å². The standard InChI is InChI=1S/C23H22ClF2N3O2/c1-28-21-17-7-6-16(24)12-20(17)31-23(18(21)13-27-28)8-10-29(11-9-23)14-15-4-2-3-5-19(15)30-22(25)26/h2-7,12-13,22H,8-11,14H2,1H3. The van der Waals surface area contributed by atoms with E-state index in [4.69, 9.17) is 16.3 Å². The van der Waals surface area contributed by atoms with Gasteiger partial charge in [-0.3, -0.25) is 9.58 Å². The molecule has 0 N–H and O–H groups in total. The molecular weight excluding hydrogens is 424 g/mol. The first kappa shape index (κ1) is 20.3. The van der Waals surface area contributed by atoms with Crippen LogP contribution in [0.3, 0.4) is 0 Å². The van der Waals surface area contributed by atoms with Crippen LogP contribution in [-0.2, 0) is 19.2 Å². The highest BCUT2D eigenvalue weighted by molar-refractivity contribution is 6.30. The van der Waals surface area contributed by atoms with Crippen molar-refractivity contribution in [2.24, 2.45) is 7.05 Å². The zero-order valence-electron chi connectivity index (χ0n) is 17.0. The molecule has 1 fully saturated rings. The van der Waals surface area contributed by atoms with Crippen LogP contribution in [0.1, 0.15) is 24.0 Å². The first-order chi connectivity index (χ1) is 14.9. The van der Waals surface area contributed by atoms with Crippen molar-refractivity contribution >= 4 is 11.6 Å². The summed E-state index contributed by atoms with van der Waals surface area (Å²) in [4.78, 5) is 2.24. The second kappa shape index (κ2) is 7.80. The Hall–Kier alpha value is -2.64. The predicted molar refractivity (Wildman–Crippen MR) is 114 cm³/mol. The van der Waals surface area contributed by atoms with Crippen LogP contribution >= 0.6 is 11.6 Å². The monoisotopic (exact) mass is 445 g/mol.